The van der Waals surface area contributed by atoms with E-state index in [1.54, 1.807) is 0 Å². The zero-order chi connectivity index (χ0) is 14.8. The van der Waals surface area contributed by atoms with Crippen LogP contribution in [0, 0.1) is 0 Å². The van der Waals surface area contributed by atoms with E-state index in [2.05, 4.69) is 19.0 Å². The van der Waals surface area contributed by atoms with Crippen LogP contribution in [0.5, 0.6) is 0 Å². The second-order valence-corrected chi connectivity index (χ2v) is 7.11. The lowest BCUT2D eigenvalue weighted by atomic mass is 10.0. The summed E-state index contributed by atoms with van der Waals surface area (Å²) in [4.78, 5) is 14.7. The van der Waals surface area contributed by atoms with Gasteiger partial charge >= 0.3 is 0 Å². The van der Waals surface area contributed by atoms with Crippen LogP contribution in [0.25, 0.3) is 0 Å². The van der Waals surface area contributed by atoms with Gasteiger partial charge in [-0.3, -0.25) is 4.79 Å². The van der Waals surface area contributed by atoms with E-state index in [9.17, 15) is 4.79 Å². The van der Waals surface area contributed by atoms with Crippen LogP contribution in [-0.4, -0.2) is 52.8 Å². The molecule has 2 fully saturated rings. The van der Waals surface area contributed by atoms with E-state index in [0.717, 1.165) is 44.0 Å². The number of carbonyl (C=O) groups excluding carboxylic acids is 1. The number of aromatic nitrogens is 1. The van der Waals surface area contributed by atoms with Gasteiger partial charge in [0, 0.05) is 42.2 Å². The number of carbonyl (C=O) groups is 1. The standard InChI is InChI=1S/C15H22N2O3S/c1-3-10(2)11-8-13(20-16-11)15(18)17-5-7-21-14-9-19-6-4-12(14)17/h8,10,12,14H,3-7,9H2,1-2H3/t10-,12-,14+/m0/s1. The predicted octanol–water partition coefficient (Wildman–Crippen LogP) is 2.53. The number of fused-ring (bicyclic) bond motifs is 1. The molecule has 3 atom stereocenters. The van der Waals surface area contributed by atoms with Crippen LogP contribution in [0.1, 0.15) is 48.9 Å². The van der Waals surface area contributed by atoms with Crippen LogP contribution in [0.15, 0.2) is 10.6 Å². The molecule has 2 aliphatic rings. The number of ether oxygens (including phenoxy) is 1. The first-order valence-electron chi connectivity index (χ1n) is 7.67. The highest BCUT2D eigenvalue weighted by molar-refractivity contribution is 8.00. The Morgan fingerprint density at radius 2 is 2.48 bits per heavy atom. The van der Waals surface area contributed by atoms with Crippen molar-refractivity contribution in [2.24, 2.45) is 0 Å². The number of nitrogens with zero attached hydrogens (tertiary/aromatic N) is 2. The van der Waals surface area contributed by atoms with Crippen molar-refractivity contribution in [3.05, 3.63) is 17.5 Å². The third kappa shape index (κ3) is 2.97. The van der Waals surface area contributed by atoms with Gasteiger partial charge in [0.25, 0.3) is 5.91 Å². The lowest BCUT2D eigenvalue weighted by Gasteiger charge is -2.42. The monoisotopic (exact) mass is 310 g/mol. The molecule has 1 amide bonds. The highest BCUT2D eigenvalue weighted by Gasteiger charge is 2.38. The maximum atomic E-state index is 12.7. The Hall–Kier alpha value is -1.01. The quantitative estimate of drug-likeness (QED) is 0.858. The van der Waals surface area contributed by atoms with Gasteiger partial charge in [-0.15, -0.1) is 0 Å². The van der Waals surface area contributed by atoms with E-state index >= 15 is 0 Å². The Labute approximate surface area is 129 Å². The molecular formula is C15H22N2O3S. The number of rotatable bonds is 3. The first kappa shape index (κ1) is 14.9. The molecule has 0 aliphatic carbocycles. The van der Waals surface area contributed by atoms with Crippen LogP contribution >= 0.6 is 11.8 Å². The SMILES string of the molecule is CC[C@H](C)c1cc(C(=O)N2CCS[C@@H]3COCC[C@@H]32)on1. The second-order valence-electron chi connectivity index (χ2n) is 5.76. The van der Waals surface area contributed by atoms with Gasteiger partial charge in [0.2, 0.25) is 5.76 Å². The van der Waals surface area contributed by atoms with Gasteiger partial charge in [0.05, 0.1) is 12.3 Å². The Morgan fingerprint density at radius 3 is 3.29 bits per heavy atom. The number of hydrogen-bond donors (Lipinski definition) is 0. The average Bonchev–Trinajstić information content (AvgIpc) is 3.03. The van der Waals surface area contributed by atoms with Crippen LogP contribution in [0.2, 0.25) is 0 Å². The summed E-state index contributed by atoms with van der Waals surface area (Å²) in [5.74, 6) is 1.64. The van der Waals surface area contributed by atoms with Crippen molar-refractivity contribution in [2.45, 2.75) is 43.9 Å². The zero-order valence-corrected chi connectivity index (χ0v) is 13.4. The van der Waals surface area contributed by atoms with Crippen molar-refractivity contribution < 1.29 is 14.1 Å². The van der Waals surface area contributed by atoms with Crippen molar-refractivity contribution >= 4 is 17.7 Å². The molecule has 0 bridgehead atoms. The van der Waals surface area contributed by atoms with E-state index in [4.69, 9.17) is 9.26 Å². The van der Waals surface area contributed by atoms with Gasteiger partial charge in [-0.05, 0) is 12.8 Å². The van der Waals surface area contributed by atoms with Gasteiger partial charge in [-0.1, -0.05) is 19.0 Å². The summed E-state index contributed by atoms with van der Waals surface area (Å²) in [6.45, 7) is 6.46. The first-order valence-corrected chi connectivity index (χ1v) is 8.72. The maximum absolute atomic E-state index is 12.7. The van der Waals surface area contributed by atoms with Crippen molar-refractivity contribution in [1.29, 1.82) is 0 Å². The summed E-state index contributed by atoms with van der Waals surface area (Å²) in [6.07, 6.45) is 1.90. The number of thioether (sulfide) groups is 1. The zero-order valence-electron chi connectivity index (χ0n) is 12.6. The molecule has 6 heteroatoms. The molecule has 3 heterocycles. The van der Waals surface area contributed by atoms with Crippen LogP contribution < -0.4 is 0 Å². The van der Waals surface area contributed by atoms with Crippen molar-refractivity contribution in [1.82, 2.24) is 10.1 Å². The molecule has 1 aromatic heterocycles. The van der Waals surface area contributed by atoms with Crippen LogP contribution in [0.4, 0.5) is 0 Å². The molecule has 1 aromatic rings. The molecule has 21 heavy (non-hydrogen) atoms. The summed E-state index contributed by atoms with van der Waals surface area (Å²) in [6, 6.07) is 2.08. The highest BCUT2D eigenvalue weighted by atomic mass is 32.2. The predicted molar refractivity (Wildman–Crippen MR) is 81.7 cm³/mol. The minimum absolute atomic E-state index is 0.0192. The maximum Gasteiger partial charge on any atom is 0.292 e. The van der Waals surface area contributed by atoms with Gasteiger partial charge in [-0.2, -0.15) is 11.8 Å². The average molecular weight is 310 g/mol. The Balaban J connectivity index is 1.75. The fourth-order valence-electron chi connectivity index (χ4n) is 2.91. The molecule has 0 saturated carbocycles. The molecule has 0 radical (unpaired) electrons. The molecule has 0 aromatic carbocycles. The molecule has 0 N–H and O–H groups in total. The Morgan fingerprint density at radius 1 is 1.62 bits per heavy atom. The topological polar surface area (TPSA) is 55.6 Å². The number of hydrogen-bond acceptors (Lipinski definition) is 5. The number of amides is 1. The van der Waals surface area contributed by atoms with E-state index in [1.165, 1.54) is 0 Å². The van der Waals surface area contributed by atoms with Gasteiger partial charge in [0.1, 0.15) is 0 Å². The normalized spacial score (nSPS) is 27.2. The van der Waals surface area contributed by atoms with Crippen LogP contribution in [-0.2, 0) is 4.74 Å². The minimum atomic E-state index is -0.0192. The van der Waals surface area contributed by atoms with Gasteiger partial charge in [0.15, 0.2) is 0 Å². The van der Waals surface area contributed by atoms with Gasteiger partial charge < -0.3 is 14.2 Å². The fraction of sp³-hybridized carbons (Fsp3) is 0.733. The molecule has 2 saturated heterocycles. The van der Waals surface area contributed by atoms with Crippen molar-refractivity contribution in [3.63, 3.8) is 0 Å². The summed E-state index contributed by atoms with van der Waals surface area (Å²) in [5.41, 5.74) is 0.871. The van der Waals surface area contributed by atoms with E-state index in [1.807, 2.05) is 22.7 Å². The fourth-order valence-corrected chi connectivity index (χ4v) is 4.21. The molecular weight excluding hydrogens is 288 g/mol. The summed E-state index contributed by atoms with van der Waals surface area (Å²) in [7, 11) is 0. The molecule has 0 unspecified atom stereocenters. The third-order valence-corrected chi connectivity index (χ3v) is 5.75. The van der Waals surface area contributed by atoms with E-state index in [-0.39, 0.29) is 11.9 Å². The van der Waals surface area contributed by atoms with Gasteiger partial charge in [-0.25, -0.2) is 0 Å². The minimum Gasteiger partial charge on any atom is -0.380 e. The second kappa shape index (κ2) is 6.40. The lowest BCUT2D eigenvalue weighted by molar-refractivity contribution is 0.0296. The summed E-state index contributed by atoms with van der Waals surface area (Å²) in [5, 5.41) is 4.45. The van der Waals surface area contributed by atoms with E-state index in [0.29, 0.717) is 16.9 Å². The third-order valence-electron chi connectivity index (χ3n) is 4.45. The first-order chi connectivity index (χ1) is 10.2. The summed E-state index contributed by atoms with van der Waals surface area (Å²) < 4.78 is 10.8. The smallest absolute Gasteiger partial charge is 0.292 e. The van der Waals surface area contributed by atoms with E-state index < -0.39 is 0 Å². The summed E-state index contributed by atoms with van der Waals surface area (Å²) >= 11 is 1.91. The molecule has 116 valence electrons. The molecule has 3 rings (SSSR count). The highest BCUT2D eigenvalue weighted by Crippen LogP contribution is 2.31. The molecule has 0 spiro atoms. The lowest BCUT2D eigenvalue weighted by Crippen LogP contribution is -2.54. The largest absolute Gasteiger partial charge is 0.380 e. The van der Waals surface area contributed by atoms with Crippen molar-refractivity contribution in [2.75, 3.05) is 25.5 Å². The Bertz CT molecular complexity index is 503. The molecule has 5 nitrogen and oxygen atoms in total. The molecule has 2 aliphatic heterocycles. The Kier molecular flexibility index (Phi) is 4.54. The van der Waals surface area contributed by atoms with Crippen LogP contribution in [0.3, 0.4) is 0 Å². The van der Waals surface area contributed by atoms with Crippen molar-refractivity contribution in [3.8, 4) is 0 Å².